The van der Waals surface area contributed by atoms with E-state index in [9.17, 15) is 4.79 Å². The molecular weight excluding hydrogens is 132 g/mol. The van der Waals surface area contributed by atoms with E-state index in [1.54, 1.807) is 0 Å². The van der Waals surface area contributed by atoms with Gasteiger partial charge in [0.1, 0.15) is 0 Å². The van der Waals surface area contributed by atoms with Gasteiger partial charge in [0.15, 0.2) is 0 Å². The van der Waals surface area contributed by atoms with Crippen LogP contribution >= 0.6 is 0 Å². The molecule has 1 heterocycles. The third kappa shape index (κ3) is 0.669. The number of ether oxygens (including phenoxy) is 2. The van der Waals surface area contributed by atoms with Crippen LogP contribution in [-0.4, -0.2) is 26.3 Å². The Labute approximate surface area is 59.3 Å². The number of hydrogen-bond donors (Lipinski definition) is 0. The van der Waals surface area contributed by atoms with Crippen molar-refractivity contribution in [1.82, 2.24) is 0 Å². The van der Waals surface area contributed by atoms with Crippen molar-refractivity contribution in [3.63, 3.8) is 0 Å². The Balaban J connectivity index is 1.94. The Kier molecular flexibility index (Phi) is 1.20. The number of methoxy groups -OCH3 is 1. The van der Waals surface area contributed by atoms with E-state index in [0.717, 1.165) is 13.2 Å². The molecule has 3 nitrogen and oxygen atoms in total. The first-order valence-electron chi connectivity index (χ1n) is 3.50. The van der Waals surface area contributed by atoms with Gasteiger partial charge in [0.05, 0.1) is 26.2 Å². The first-order chi connectivity index (χ1) is 4.84. The van der Waals surface area contributed by atoms with Crippen molar-refractivity contribution in [2.45, 2.75) is 0 Å². The topological polar surface area (TPSA) is 35.5 Å². The molecule has 0 amide bonds. The van der Waals surface area contributed by atoms with Crippen molar-refractivity contribution in [1.29, 1.82) is 0 Å². The van der Waals surface area contributed by atoms with Crippen molar-refractivity contribution in [3.8, 4) is 0 Å². The van der Waals surface area contributed by atoms with Crippen molar-refractivity contribution < 1.29 is 14.3 Å². The average Bonchev–Trinajstić information content (AvgIpc) is 2.43. The standard InChI is InChI=1S/C7H10O3/c1-9-7(8)6-4-2-10-3-5(4)6/h4-6H,2-3H2,1H3. The largest absolute Gasteiger partial charge is 0.469 e. The minimum absolute atomic E-state index is 0.0571. The highest BCUT2D eigenvalue weighted by molar-refractivity contribution is 5.76. The lowest BCUT2D eigenvalue weighted by molar-refractivity contribution is -0.143. The quantitative estimate of drug-likeness (QED) is 0.485. The third-order valence-corrected chi connectivity index (χ3v) is 2.43. The molecule has 1 aliphatic carbocycles. The van der Waals surface area contributed by atoms with E-state index in [4.69, 9.17) is 4.74 Å². The maximum Gasteiger partial charge on any atom is 0.309 e. The first-order valence-corrected chi connectivity index (χ1v) is 3.50. The van der Waals surface area contributed by atoms with Crippen LogP contribution in [0.1, 0.15) is 0 Å². The molecule has 10 heavy (non-hydrogen) atoms. The minimum atomic E-state index is -0.0571. The van der Waals surface area contributed by atoms with E-state index in [1.807, 2.05) is 0 Å². The molecule has 1 saturated carbocycles. The lowest BCUT2D eigenvalue weighted by Crippen LogP contribution is -2.10. The predicted molar refractivity (Wildman–Crippen MR) is 33.3 cm³/mol. The molecule has 0 N–H and O–H groups in total. The second kappa shape index (κ2) is 1.95. The molecule has 56 valence electrons. The summed E-state index contributed by atoms with van der Waals surface area (Å²) in [7, 11) is 1.44. The molecule has 1 saturated heterocycles. The van der Waals surface area contributed by atoms with Crippen LogP contribution in [0, 0.1) is 17.8 Å². The summed E-state index contributed by atoms with van der Waals surface area (Å²) in [6, 6.07) is 0. The first kappa shape index (κ1) is 6.16. The van der Waals surface area contributed by atoms with Crippen LogP contribution in [0.15, 0.2) is 0 Å². The van der Waals surface area contributed by atoms with Gasteiger partial charge in [0, 0.05) is 11.8 Å². The monoisotopic (exact) mass is 142 g/mol. The van der Waals surface area contributed by atoms with Crippen molar-refractivity contribution in [2.75, 3.05) is 20.3 Å². The van der Waals surface area contributed by atoms with E-state index in [2.05, 4.69) is 4.74 Å². The van der Waals surface area contributed by atoms with Gasteiger partial charge in [0.25, 0.3) is 0 Å². The summed E-state index contributed by atoms with van der Waals surface area (Å²) in [5.74, 6) is 1.07. The molecule has 2 atom stereocenters. The molecule has 0 aromatic carbocycles. The van der Waals surface area contributed by atoms with Crippen LogP contribution < -0.4 is 0 Å². The van der Waals surface area contributed by atoms with Gasteiger partial charge in [-0.05, 0) is 0 Å². The average molecular weight is 142 g/mol. The van der Waals surface area contributed by atoms with Gasteiger partial charge in [-0.2, -0.15) is 0 Å². The fourth-order valence-corrected chi connectivity index (χ4v) is 1.73. The smallest absolute Gasteiger partial charge is 0.309 e. The van der Waals surface area contributed by atoms with Crippen LogP contribution in [0.5, 0.6) is 0 Å². The van der Waals surface area contributed by atoms with E-state index in [1.165, 1.54) is 7.11 Å². The number of carbonyl (C=O) groups excluding carboxylic acids is 1. The minimum Gasteiger partial charge on any atom is -0.469 e. The predicted octanol–water partition coefficient (Wildman–Crippen LogP) is 0.0518. The summed E-state index contributed by atoms with van der Waals surface area (Å²) in [5.41, 5.74) is 0. The highest BCUT2D eigenvalue weighted by atomic mass is 16.5. The van der Waals surface area contributed by atoms with Crippen LogP contribution in [0.2, 0.25) is 0 Å². The van der Waals surface area contributed by atoms with Gasteiger partial charge in [-0.1, -0.05) is 0 Å². The third-order valence-electron chi connectivity index (χ3n) is 2.43. The van der Waals surface area contributed by atoms with E-state index >= 15 is 0 Å². The fraction of sp³-hybridized carbons (Fsp3) is 0.857. The van der Waals surface area contributed by atoms with Crippen LogP contribution in [0.25, 0.3) is 0 Å². The van der Waals surface area contributed by atoms with E-state index < -0.39 is 0 Å². The maximum absolute atomic E-state index is 10.9. The van der Waals surface area contributed by atoms with Gasteiger partial charge < -0.3 is 9.47 Å². The number of fused-ring (bicyclic) bond motifs is 1. The Morgan fingerprint density at radius 1 is 1.50 bits per heavy atom. The zero-order chi connectivity index (χ0) is 7.14. The van der Waals surface area contributed by atoms with Gasteiger partial charge in [0.2, 0.25) is 0 Å². The van der Waals surface area contributed by atoms with Crippen molar-refractivity contribution in [2.24, 2.45) is 17.8 Å². The number of rotatable bonds is 1. The molecule has 2 aliphatic rings. The summed E-state index contributed by atoms with van der Waals surface area (Å²) < 4.78 is 9.74. The van der Waals surface area contributed by atoms with Crippen LogP contribution in [0.4, 0.5) is 0 Å². The molecule has 0 radical (unpaired) electrons. The zero-order valence-corrected chi connectivity index (χ0v) is 5.87. The number of hydrogen-bond acceptors (Lipinski definition) is 3. The maximum atomic E-state index is 10.9. The normalized spacial score (nSPS) is 42.7. The number of carbonyl (C=O) groups is 1. The molecule has 0 spiro atoms. The molecular formula is C7H10O3. The van der Waals surface area contributed by atoms with Gasteiger partial charge >= 0.3 is 5.97 Å². The SMILES string of the molecule is COC(=O)C1C2COCC21. The Hall–Kier alpha value is -0.570. The Morgan fingerprint density at radius 3 is 2.60 bits per heavy atom. The van der Waals surface area contributed by atoms with E-state index in [-0.39, 0.29) is 11.9 Å². The summed E-state index contributed by atoms with van der Waals surface area (Å²) in [6.45, 7) is 1.51. The molecule has 2 rings (SSSR count). The molecule has 2 fully saturated rings. The second-order valence-electron chi connectivity index (χ2n) is 2.91. The van der Waals surface area contributed by atoms with Crippen LogP contribution in [0.3, 0.4) is 0 Å². The molecule has 2 unspecified atom stereocenters. The fourth-order valence-electron chi connectivity index (χ4n) is 1.73. The van der Waals surface area contributed by atoms with Gasteiger partial charge in [-0.3, -0.25) is 4.79 Å². The number of esters is 1. The van der Waals surface area contributed by atoms with Crippen LogP contribution in [-0.2, 0) is 14.3 Å². The van der Waals surface area contributed by atoms with Crippen molar-refractivity contribution in [3.05, 3.63) is 0 Å². The lowest BCUT2D eigenvalue weighted by Gasteiger charge is -2.00. The van der Waals surface area contributed by atoms with Gasteiger partial charge in [-0.15, -0.1) is 0 Å². The highest BCUT2D eigenvalue weighted by Crippen LogP contribution is 2.51. The zero-order valence-electron chi connectivity index (χ0n) is 5.87. The Bertz CT molecular complexity index is 156. The van der Waals surface area contributed by atoms with E-state index in [0.29, 0.717) is 11.8 Å². The summed E-state index contributed by atoms with van der Waals surface area (Å²) in [5, 5.41) is 0. The summed E-state index contributed by atoms with van der Waals surface area (Å²) in [4.78, 5) is 10.9. The summed E-state index contributed by atoms with van der Waals surface area (Å²) in [6.07, 6.45) is 0. The molecule has 0 aromatic rings. The molecule has 1 aliphatic heterocycles. The molecule has 0 bridgehead atoms. The highest BCUT2D eigenvalue weighted by Gasteiger charge is 2.58. The lowest BCUT2D eigenvalue weighted by atomic mass is 10.3. The second-order valence-corrected chi connectivity index (χ2v) is 2.91. The molecule has 3 heteroatoms. The Morgan fingerprint density at radius 2 is 2.10 bits per heavy atom. The summed E-state index contributed by atoms with van der Waals surface area (Å²) >= 11 is 0. The molecule has 0 aromatic heterocycles. The van der Waals surface area contributed by atoms with Gasteiger partial charge in [-0.25, -0.2) is 0 Å². The van der Waals surface area contributed by atoms with Crippen molar-refractivity contribution >= 4 is 5.97 Å².